The summed E-state index contributed by atoms with van der Waals surface area (Å²) in [5, 5.41) is 1.44. The first-order valence-corrected chi connectivity index (χ1v) is 10.2. The van der Waals surface area contributed by atoms with Gasteiger partial charge in [0.15, 0.2) is 0 Å². The van der Waals surface area contributed by atoms with Gasteiger partial charge in [-0.1, -0.05) is 18.2 Å². The van der Waals surface area contributed by atoms with Gasteiger partial charge in [-0.05, 0) is 68.2 Å². The Labute approximate surface area is 151 Å². The van der Waals surface area contributed by atoms with Gasteiger partial charge < -0.3 is 9.47 Å². The number of hydrogen-bond donors (Lipinski definition) is 0. The zero-order valence-electron chi connectivity index (χ0n) is 15.6. The zero-order valence-corrected chi connectivity index (χ0v) is 15.6. The van der Waals surface area contributed by atoms with E-state index in [1.807, 2.05) is 0 Å². The van der Waals surface area contributed by atoms with E-state index in [1.54, 1.807) is 0 Å². The molecular weight excluding hydrogens is 306 g/mol. The van der Waals surface area contributed by atoms with Crippen molar-refractivity contribution >= 4 is 10.9 Å². The lowest BCUT2D eigenvalue weighted by Crippen LogP contribution is -2.45. The van der Waals surface area contributed by atoms with Crippen molar-refractivity contribution in [2.24, 2.45) is 18.4 Å². The van der Waals surface area contributed by atoms with Crippen LogP contribution in [0.2, 0.25) is 0 Å². The van der Waals surface area contributed by atoms with E-state index in [0.29, 0.717) is 5.41 Å². The van der Waals surface area contributed by atoms with E-state index < -0.39 is 0 Å². The Morgan fingerprint density at radius 1 is 1.04 bits per heavy atom. The van der Waals surface area contributed by atoms with Crippen molar-refractivity contribution in [2.45, 2.75) is 38.6 Å². The summed E-state index contributed by atoms with van der Waals surface area (Å²) in [6.07, 6.45) is 9.57. The summed E-state index contributed by atoms with van der Waals surface area (Å²) >= 11 is 0. The van der Waals surface area contributed by atoms with Crippen LogP contribution in [0.3, 0.4) is 0 Å². The monoisotopic (exact) mass is 337 g/mol. The second-order valence-corrected chi connectivity index (χ2v) is 9.03. The van der Waals surface area contributed by atoms with Crippen LogP contribution in [0.25, 0.3) is 10.9 Å². The molecule has 5 rings (SSSR count). The number of rotatable bonds is 4. The molecule has 1 aromatic carbocycles. The first-order valence-electron chi connectivity index (χ1n) is 10.2. The molecule has 2 aliphatic heterocycles. The normalized spacial score (nSPS) is 28.4. The van der Waals surface area contributed by atoms with Gasteiger partial charge in [0.25, 0.3) is 0 Å². The average Bonchev–Trinajstić information content (AvgIpc) is 3.27. The molecule has 3 aliphatic rings. The van der Waals surface area contributed by atoms with E-state index in [4.69, 9.17) is 0 Å². The molecule has 0 unspecified atom stereocenters. The highest BCUT2D eigenvalue weighted by Gasteiger charge is 2.42. The van der Waals surface area contributed by atoms with Crippen LogP contribution in [0, 0.1) is 11.3 Å². The molecule has 1 spiro atoms. The number of likely N-dealkylation sites (tertiary alicyclic amines) is 2. The van der Waals surface area contributed by atoms with Crippen LogP contribution in [0.4, 0.5) is 0 Å². The molecule has 0 bridgehead atoms. The fourth-order valence-electron chi connectivity index (χ4n) is 5.42. The van der Waals surface area contributed by atoms with Crippen molar-refractivity contribution in [3.63, 3.8) is 0 Å². The van der Waals surface area contributed by atoms with Crippen LogP contribution < -0.4 is 0 Å². The summed E-state index contributed by atoms with van der Waals surface area (Å²) in [4.78, 5) is 5.52. The van der Waals surface area contributed by atoms with Crippen molar-refractivity contribution in [3.05, 3.63) is 36.0 Å². The molecule has 3 nitrogen and oxygen atoms in total. The molecule has 0 radical (unpaired) electrons. The van der Waals surface area contributed by atoms with E-state index in [1.165, 1.54) is 81.3 Å². The van der Waals surface area contributed by atoms with Crippen molar-refractivity contribution < 1.29 is 0 Å². The SMILES string of the molecule is Cn1cc(CN2CC[C@]3(CCCN(CC4CC4)C3)C2)c2ccccc21. The average molecular weight is 338 g/mol. The Morgan fingerprint density at radius 2 is 1.88 bits per heavy atom. The molecule has 1 saturated carbocycles. The van der Waals surface area contributed by atoms with Crippen molar-refractivity contribution in [1.29, 1.82) is 0 Å². The number of nitrogens with zero attached hydrogens (tertiary/aromatic N) is 3. The highest BCUT2D eigenvalue weighted by atomic mass is 15.2. The maximum absolute atomic E-state index is 2.79. The molecule has 3 heteroatoms. The van der Waals surface area contributed by atoms with Crippen LogP contribution in [0.15, 0.2) is 30.5 Å². The zero-order chi connectivity index (χ0) is 16.9. The van der Waals surface area contributed by atoms with Crippen LogP contribution in [-0.4, -0.2) is 47.1 Å². The minimum Gasteiger partial charge on any atom is -0.350 e. The minimum absolute atomic E-state index is 0.581. The molecule has 2 aromatic rings. The Bertz CT molecular complexity index is 760. The summed E-state index contributed by atoms with van der Waals surface area (Å²) < 4.78 is 2.29. The molecule has 0 amide bonds. The van der Waals surface area contributed by atoms with E-state index >= 15 is 0 Å². The standard InChI is InChI=1S/C22H31N3/c1-23-14-19(20-5-2-3-6-21(20)23)15-25-12-10-22(17-25)9-4-11-24(16-22)13-18-7-8-18/h2-3,5-6,14,18H,4,7-13,15-17H2,1H3/t22-/m0/s1. The summed E-state index contributed by atoms with van der Waals surface area (Å²) in [6.45, 7) is 7.78. The number of aryl methyl sites for hydroxylation is 1. The van der Waals surface area contributed by atoms with Crippen LogP contribution in [0.1, 0.15) is 37.7 Å². The maximum atomic E-state index is 2.79. The van der Waals surface area contributed by atoms with Gasteiger partial charge in [0.2, 0.25) is 0 Å². The third-order valence-electron chi connectivity index (χ3n) is 6.84. The van der Waals surface area contributed by atoms with Crippen LogP contribution >= 0.6 is 0 Å². The summed E-state index contributed by atoms with van der Waals surface area (Å²) in [5.74, 6) is 1.03. The van der Waals surface area contributed by atoms with Gasteiger partial charge in [-0.25, -0.2) is 0 Å². The smallest absolute Gasteiger partial charge is 0.0481 e. The topological polar surface area (TPSA) is 11.4 Å². The van der Waals surface area contributed by atoms with E-state index in [9.17, 15) is 0 Å². The first kappa shape index (κ1) is 15.9. The van der Waals surface area contributed by atoms with Crippen molar-refractivity contribution in [1.82, 2.24) is 14.4 Å². The van der Waals surface area contributed by atoms with E-state index in [-0.39, 0.29) is 0 Å². The predicted octanol–water partition coefficient (Wildman–Crippen LogP) is 3.88. The Kier molecular flexibility index (Phi) is 3.90. The largest absolute Gasteiger partial charge is 0.350 e. The number of hydrogen-bond acceptors (Lipinski definition) is 2. The third-order valence-corrected chi connectivity index (χ3v) is 6.84. The fraction of sp³-hybridized carbons (Fsp3) is 0.636. The molecule has 2 saturated heterocycles. The number of benzene rings is 1. The third kappa shape index (κ3) is 3.13. The lowest BCUT2D eigenvalue weighted by Gasteiger charge is -2.40. The number of aromatic nitrogens is 1. The summed E-state index contributed by atoms with van der Waals surface area (Å²) in [6, 6.07) is 8.84. The van der Waals surface area contributed by atoms with Gasteiger partial charge in [0.1, 0.15) is 0 Å². The molecule has 3 fully saturated rings. The molecule has 25 heavy (non-hydrogen) atoms. The van der Waals surface area contributed by atoms with Gasteiger partial charge in [-0.3, -0.25) is 4.90 Å². The summed E-state index contributed by atoms with van der Waals surface area (Å²) in [5.41, 5.74) is 3.44. The Balaban J connectivity index is 1.28. The Morgan fingerprint density at radius 3 is 2.76 bits per heavy atom. The van der Waals surface area contributed by atoms with Gasteiger partial charge in [0, 0.05) is 50.3 Å². The summed E-state index contributed by atoms with van der Waals surface area (Å²) in [7, 11) is 2.17. The minimum atomic E-state index is 0.581. The Hall–Kier alpha value is -1.32. The molecule has 1 aliphatic carbocycles. The van der Waals surface area contributed by atoms with Crippen LogP contribution in [-0.2, 0) is 13.6 Å². The van der Waals surface area contributed by atoms with E-state index in [2.05, 4.69) is 51.9 Å². The molecule has 0 N–H and O–H groups in total. The number of fused-ring (bicyclic) bond motifs is 1. The van der Waals surface area contributed by atoms with Gasteiger partial charge in [-0.2, -0.15) is 0 Å². The molecule has 3 heterocycles. The lowest BCUT2D eigenvalue weighted by molar-refractivity contribution is 0.0885. The number of piperidine rings is 1. The quantitative estimate of drug-likeness (QED) is 0.839. The van der Waals surface area contributed by atoms with Gasteiger partial charge >= 0.3 is 0 Å². The van der Waals surface area contributed by atoms with Gasteiger partial charge in [-0.15, -0.1) is 0 Å². The second-order valence-electron chi connectivity index (χ2n) is 9.03. The number of para-hydroxylation sites is 1. The molecule has 134 valence electrons. The molecular formula is C22H31N3. The fourth-order valence-corrected chi connectivity index (χ4v) is 5.42. The second kappa shape index (κ2) is 6.14. The first-order chi connectivity index (χ1) is 12.2. The highest BCUT2D eigenvalue weighted by molar-refractivity contribution is 5.83. The molecule has 1 aromatic heterocycles. The van der Waals surface area contributed by atoms with E-state index in [0.717, 1.165) is 12.5 Å². The molecule has 1 atom stereocenters. The highest BCUT2D eigenvalue weighted by Crippen LogP contribution is 2.41. The van der Waals surface area contributed by atoms with Crippen LogP contribution in [0.5, 0.6) is 0 Å². The predicted molar refractivity (Wildman–Crippen MR) is 104 cm³/mol. The van der Waals surface area contributed by atoms with Crippen molar-refractivity contribution in [3.8, 4) is 0 Å². The lowest BCUT2D eigenvalue weighted by atomic mass is 9.79. The maximum Gasteiger partial charge on any atom is 0.0481 e. The van der Waals surface area contributed by atoms with Gasteiger partial charge in [0.05, 0.1) is 0 Å². The van der Waals surface area contributed by atoms with Crippen molar-refractivity contribution in [2.75, 3.05) is 32.7 Å².